The molecule has 0 radical (unpaired) electrons. The molecule has 3 N–H and O–H groups in total. The number of para-hydroxylation sites is 1. The minimum atomic E-state index is -0.562. The van der Waals surface area contributed by atoms with Crippen LogP contribution in [0.3, 0.4) is 0 Å². The van der Waals surface area contributed by atoms with Crippen molar-refractivity contribution in [1.82, 2.24) is 5.32 Å². The van der Waals surface area contributed by atoms with E-state index in [-0.39, 0.29) is 6.04 Å². The van der Waals surface area contributed by atoms with Crippen LogP contribution in [0.4, 0.5) is 5.69 Å². The van der Waals surface area contributed by atoms with Crippen LogP contribution in [0, 0.1) is 5.92 Å². The van der Waals surface area contributed by atoms with Gasteiger partial charge in [-0.1, -0.05) is 25.1 Å². The Hall–Kier alpha value is -1.06. The Bertz CT molecular complexity index is 448. The van der Waals surface area contributed by atoms with Crippen molar-refractivity contribution in [2.75, 3.05) is 18.4 Å². The number of hydrogen-bond donors (Lipinski definition) is 3. The summed E-state index contributed by atoms with van der Waals surface area (Å²) in [6, 6.07) is 8.66. The molecule has 3 heteroatoms. The SMILES string of the molecule is CCC1CNCCC1(O)C1CCc2ccccc2N1. The van der Waals surface area contributed by atoms with E-state index in [1.165, 1.54) is 11.3 Å². The van der Waals surface area contributed by atoms with Crippen molar-refractivity contribution < 1.29 is 5.11 Å². The summed E-state index contributed by atoms with van der Waals surface area (Å²) in [6.07, 6.45) is 3.98. The van der Waals surface area contributed by atoms with Crippen molar-refractivity contribution in [3.63, 3.8) is 0 Å². The summed E-state index contributed by atoms with van der Waals surface area (Å²) in [5, 5.41) is 18.2. The molecule has 0 aromatic heterocycles. The molecule has 1 aromatic rings. The van der Waals surface area contributed by atoms with Crippen LogP contribution in [0.25, 0.3) is 0 Å². The second-order valence-electron chi connectivity index (χ2n) is 5.94. The van der Waals surface area contributed by atoms with Crippen LogP contribution < -0.4 is 10.6 Å². The van der Waals surface area contributed by atoms with Crippen LogP contribution in [0.15, 0.2) is 24.3 Å². The molecule has 19 heavy (non-hydrogen) atoms. The van der Waals surface area contributed by atoms with E-state index < -0.39 is 5.60 Å². The first-order valence-corrected chi connectivity index (χ1v) is 7.51. The second-order valence-corrected chi connectivity index (χ2v) is 5.94. The van der Waals surface area contributed by atoms with Crippen molar-refractivity contribution in [3.8, 4) is 0 Å². The maximum absolute atomic E-state index is 11.2. The Morgan fingerprint density at radius 3 is 3.05 bits per heavy atom. The highest BCUT2D eigenvalue weighted by Gasteiger charge is 2.45. The van der Waals surface area contributed by atoms with Gasteiger partial charge in [-0.25, -0.2) is 0 Å². The molecular formula is C16H24N2O. The van der Waals surface area contributed by atoms with E-state index in [2.05, 4.69) is 41.8 Å². The van der Waals surface area contributed by atoms with Gasteiger partial charge in [0.2, 0.25) is 0 Å². The zero-order chi connectivity index (χ0) is 13.3. The molecule has 1 saturated heterocycles. The van der Waals surface area contributed by atoms with Gasteiger partial charge in [-0.3, -0.25) is 0 Å². The highest BCUT2D eigenvalue weighted by molar-refractivity contribution is 5.54. The van der Waals surface area contributed by atoms with Gasteiger partial charge in [0.15, 0.2) is 0 Å². The van der Waals surface area contributed by atoms with Crippen molar-refractivity contribution in [3.05, 3.63) is 29.8 Å². The second kappa shape index (κ2) is 5.14. The predicted molar refractivity (Wildman–Crippen MR) is 78.4 cm³/mol. The third kappa shape index (κ3) is 2.26. The predicted octanol–water partition coefficient (Wildman–Crippen LogP) is 2.16. The lowest BCUT2D eigenvalue weighted by Gasteiger charge is -2.47. The quantitative estimate of drug-likeness (QED) is 0.763. The number of hydrogen-bond acceptors (Lipinski definition) is 3. The molecule has 0 aliphatic carbocycles. The summed E-state index contributed by atoms with van der Waals surface area (Å²) in [7, 11) is 0. The Morgan fingerprint density at radius 1 is 1.37 bits per heavy atom. The number of benzene rings is 1. The van der Waals surface area contributed by atoms with Gasteiger partial charge in [-0.2, -0.15) is 0 Å². The van der Waals surface area contributed by atoms with Crippen LogP contribution in [0.5, 0.6) is 0 Å². The van der Waals surface area contributed by atoms with Crippen molar-refractivity contribution in [2.45, 2.75) is 44.2 Å². The number of piperidine rings is 1. The molecule has 2 heterocycles. The molecule has 0 spiro atoms. The Kier molecular flexibility index (Phi) is 3.50. The van der Waals surface area contributed by atoms with Crippen LogP contribution in [-0.2, 0) is 6.42 Å². The van der Waals surface area contributed by atoms with Gasteiger partial charge in [-0.15, -0.1) is 0 Å². The third-order valence-corrected chi connectivity index (χ3v) is 4.95. The van der Waals surface area contributed by atoms with Crippen LogP contribution in [-0.4, -0.2) is 29.8 Å². The van der Waals surface area contributed by atoms with E-state index in [4.69, 9.17) is 0 Å². The zero-order valence-electron chi connectivity index (χ0n) is 11.7. The summed E-state index contributed by atoms with van der Waals surface area (Å²) < 4.78 is 0. The maximum atomic E-state index is 11.2. The molecule has 1 aromatic carbocycles. The van der Waals surface area contributed by atoms with E-state index >= 15 is 0 Å². The van der Waals surface area contributed by atoms with Crippen LogP contribution >= 0.6 is 0 Å². The van der Waals surface area contributed by atoms with Gasteiger partial charge in [0.05, 0.1) is 11.6 Å². The Labute approximate surface area is 115 Å². The smallest absolute Gasteiger partial charge is 0.0899 e. The number of aryl methyl sites for hydroxylation is 1. The fourth-order valence-corrected chi connectivity index (χ4v) is 3.72. The molecule has 104 valence electrons. The first-order valence-electron chi connectivity index (χ1n) is 7.51. The molecular weight excluding hydrogens is 236 g/mol. The number of anilines is 1. The lowest BCUT2D eigenvalue weighted by Crippen LogP contribution is -2.60. The van der Waals surface area contributed by atoms with Gasteiger partial charge in [-0.05, 0) is 43.9 Å². The summed E-state index contributed by atoms with van der Waals surface area (Å²) in [5.41, 5.74) is 2.03. The summed E-state index contributed by atoms with van der Waals surface area (Å²) >= 11 is 0. The molecule has 0 bridgehead atoms. The molecule has 0 saturated carbocycles. The normalized spacial score (nSPS) is 34.4. The lowest BCUT2D eigenvalue weighted by molar-refractivity contribution is -0.0594. The third-order valence-electron chi connectivity index (χ3n) is 4.95. The minimum absolute atomic E-state index is 0.189. The molecule has 2 aliphatic heterocycles. The standard InChI is InChI=1S/C16H24N2O/c1-2-13-11-17-10-9-16(13,19)15-8-7-12-5-3-4-6-14(12)18-15/h3-6,13,15,17-19H,2,7-11H2,1H3. The van der Waals surface area contributed by atoms with Crippen molar-refractivity contribution in [2.24, 2.45) is 5.92 Å². The number of aliphatic hydroxyl groups is 1. The minimum Gasteiger partial charge on any atom is -0.387 e. The van der Waals surface area contributed by atoms with Gasteiger partial charge in [0.25, 0.3) is 0 Å². The highest BCUT2D eigenvalue weighted by atomic mass is 16.3. The largest absolute Gasteiger partial charge is 0.387 e. The monoisotopic (exact) mass is 260 g/mol. The van der Waals surface area contributed by atoms with Gasteiger partial charge >= 0.3 is 0 Å². The fraction of sp³-hybridized carbons (Fsp3) is 0.625. The summed E-state index contributed by atoms with van der Waals surface area (Å²) in [6.45, 7) is 4.04. The molecule has 2 aliphatic rings. The van der Waals surface area contributed by atoms with E-state index in [0.717, 1.165) is 38.8 Å². The topological polar surface area (TPSA) is 44.3 Å². The molecule has 3 unspecified atom stereocenters. The van der Waals surface area contributed by atoms with Gasteiger partial charge < -0.3 is 15.7 Å². The van der Waals surface area contributed by atoms with Gasteiger partial charge in [0.1, 0.15) is 0 Å². The first-order chi connectivity index (χ1) is 9.24. The van der Waals surface area contributed by atoms with Crippen molar-refractivity contribution in [1.29, 1.82) is 0 Å². The van der Waals surface area contributed by atoms with E-state index in [9.17, 15) is 5.11 Å². The lowest BCUT2D eigenvalue weighted by atomic mass is 9.72. The number of rotatable bonds is 2. The summed E-state index contributed by atoms with van der Waals surface area (Å²) in [4.78, 5) is 0. The molecule has 3 atom stereocenters. The average molecular weight is 260 g/mol. The van der Waals surface area contributed by atoms with E-state index in [1.807, 2.05) is 0 Å². The first kappa shape index (κ1) is 12.9. The van der Waals surface area contributed by atoms with Gasteiger partial charge in [0, 0.05) is 18.2 Å². The molecule has 3 rings (SSSR count). The van der Waals surface area contributed by atoms with Crippen LogP contribution in [0.1, 0.15) is 31.7 Å². The van der Waals surface area contributed by atoms with E-state index in [0.29, 0.717) is 5.92 Å². The van der Waals surface area contributed by atoms with E-state index in [1.54, 1.807) is 0 Å². The average Bonchev–Trinajstić information content (AvgIpc) is 2.47. The Balaban J connectivity index is 1.83. The van der Waals surface area contributed by atoms with Crippen molar-refractivity contribution >= 4 is 5.69 Å². The molecule has 3 nitrogen and oxygen atoms in total. The number of fused-ring (bicyclic) bond motifs is 1. The molecule has 0 amide bonds. The molecule has 1 fully saturated rings. The Morgan fingerprint density at radius 2 is 2.21 bits per heavy atom. The van der Waals surface area contributed by atoms with Crippen LogP contribution in [0.2, 0.25) is 0 Å². The maximum Gasteiger partial charge on any atom is 0.0899 e. The number of nitrogens with one attached hydrogen (secondary N) is 2. The summed E-state index contributed by atoms with van der Waals surface area (Å²) in [5.74, 6) is 0.351. The zero-order valence-corrected chi connectivity index (χ0v) is 11.7. The highest BCUT2D eigenvalue weighted by Crippen LogP contribution is 2.37. The fourth-order valence-electron chi connectivity index (χ4n) is 3.72.